The molecule has 0 amide bonds. The van der Waals surface area contributed by atoms with Crippen molar-refractivity contribution in [3.63, 3.8) is 0 Å². The number of carbonyl (C=O) groups excluding carboxylic acids is 1. The van der Waals surface area contributed by atoms with Gasteiger partial charge in [0.2, 0.25) is 0 Å². The Labute approximate surface area is 164 Å². The van der Waals surface area contributed by atoms with Crippen LogP contribution in [0.1, 0.15) is 142 Å². The van der Waals surface area contributed by atoms with E-state index in [4.69, 9.17) is 4.74 Å². The van der Waals surface area contributed by atoms with Crippen LogP contribution < -0.4 is 0 Å². The quantitative estimate of drug-likeness (QED) is 0.150. The Hall–Kier alpha value is -0.530. The maximum atomic E-state index is 11.6. The standard InChI is InChI=1S/C24H48O2/c1-3-5-7-9-10-11-12-13-14-15-16-17-18-20-22-24(25)26-23-21-19-8-6-4-2/h3-23H2,1-2H3. The predicted octanol–water partition coefficient (Wildman–Crippen LogP) is 8.37. The van der Waals surface area contributed by atoms with E-state index in [0.717, 1.165) is 12.8 Å². The summed E-state index contributed by atoms with van der Waals surface area (Å²) in [6.07, 6.45) is 25.6. The van der Waals surface area contributed by atoms with Crippen molar-refractivity contribution < 1.29 is 9.53 Å². The molecule has 0 saturated heterocycles. The molecule has 0 atom stereocenters. The zero-order chi connectivity index (χ0) is 19.1. The van der Waals surface area contributed by atoms with Gasteiger partial charge in [-0.15, -0.1) is 0 Å². The van der Waals surface area contributed by atoms with E-state index >= 15 is 0 Å². The second-order valence-electron chi connectivity index (χ2n) is 7.98. The normalized spacial score (nSPS) is 11.0. The number of unbranched alkanes of at least 4 members (excludes halogenated alkanes) is 17. The summed E-state index contributed by atoms with van der Waals surface area (Å²) in [4.78, 5) is 11.6. The van der Waals surface area contributed by atoms with Crippen molar-refractivity contribution >= 4 is 5.97 Å². The van der Waals surface area contributed by atoms with E-state index in [1.165, 1.54) is 109 Å². The molecule has 0 rings (SSSR count). The summed E-state index contributed by atoms with van der Waals surface area (Å²) in [5.41, 5.74) is 0. The highest BCUT2D eigenvalue weighted by molar-refractivity contribution is 5.69. The maximum Gasteiger partial charge on any atom is 0.305 e. The minimum Gasteiger partial charge on any atom is -0.466 e. The molecule has 0 unspecified atom stereocenters. The summed E-state index contributed by atoms with van der Waals surface area (Å²) in [7, 11) is 0. The van der Waals surface area contributed by atoms with Crippen LogP contribution >= 0.6 is 0 Å². The largest absolute Gasteiger partial charge is 0.466 e. The molecular weight excluding hydrogens is 320 g/mol. The Morgan fingerprint density at radius 2 is 0.846 bits per heavy atom. The second kappa shape index (κ2) is 22.5. The van der Waals surface area contributed by atoms with Crippen LogP contribution in [0.15, 0.2) is 0 Å². The summed E-state index contributed by atoms with van der Waals surface area (Å²) >= 11 is 0. The van der Waals surface area contributed by atoms with Gasteiger partial charge in [-0.3, -0.25) is 4.79 Å². The SMILES string of the molecule is CCCCCCCCCCCCCCCCC(=O)OCCCCCCC. The highest BCUT2D eigenvalue weighted by atomic mass is 16.5. The van der Waals surface area contributed by atoms with E-state index in [9.17, 15) is 4.79 Å². The summed E-state index contributed by atoms with van der Waals surface area (Å²) in [6.45, 7) is 5.12. The lowest BCUT2D eigenvalue weighted by atomic mass is 10.0. The Morgan fingerprint density at radius 3 is 1.27 bits per heavy atom. The molecule has 0 aliphatic carbocycles. The van der Waals surface area contributed by atoms with E-state index in [2.05, 4.69) is 13.8 Å². The van der Waals surface area contributed by atoms with Crippen molar-refractivity contribution in [1.29, 1.82) is 0 Å². The minimum atomic E-state index is 0.0134. The van der Waals surface area contributed by atoms with Gasteiger partial charge in [-0.25, -0.2) is 0 Å². The summed E-state index contributed by atoms with van der Waals surface area (Å²) in [5, 5.41) is 0. The molecule has 2 heteroatoms. The van der Waals surface area contributed by atoms with Crippen LogP contribution in [0.5, 0.6) is 0 Å². The predicted molar refractivity (Wildman–Crippen MR) is 115 cm³/mol. The summed E-state index contributed by atoms with van der Waals surface area (Å²) in [5.74, 6) is 0.0134. The van der Waals surface area contributed by atoms with Crippen LogP contribution in [0.4, 0.5) is 0 Å². The Bertz CT molecular complexity index is 275. The molecule has 0 radical (unpaired) electrons. The molecule has 0 spiro atoms. The first kappa shape index (κ1) is 25.5. The molecule has 0 aliphatic heterocycles. The number of hydrogen-bond acceptors (Lipinski definition) is 2. The Kier molecular flexibility index (Phi) is 22.1. The molecular formula is C24H48O2. The third-order valence-corrected chi connectivity index (χ3v) is 5.25. The molecule has 0 bridgehead atoms. The molecule has 26 heavy (non-hydrogen) atoms. The minimum absolute atomic E-state index is 0.0134. The smallest absolute Gasteiger partial charge is 0.305 e. The second-order valence-corrected chi connectivity index (χ2v) is 7.98. The van der Waals surface area contributed by atoms with Crippen LogP contribution in [0.2, 0.25) is 0 Å². The van der Waals surface area contributed by atoms with Crippen LogP contribution in [0.25, 0.3) is 0 Å². The first-order valence-electron chi connectivity index (χ1n) is 12.0. The number of carbonyl (C=O) groups is 1. The van der Waals surface area contributed by atoms with E-state index in [0.29, 0.717) is 13.0 Å². The third-order valence-electron chi connectivity index (χ3n) is 5.25. The van der Waals surface area contributed by atoms with Gasteiger partial charge in [0.1, 0.15) is 0 Å². The molecule has 2 nitrogen and oxygen atoms in total. The maximum absolute atomic E-state index is 11.6. The van der Waals surface area contributed by atoms with E-state index in [-0.39, 0.29) is 5.97 Å². The topological polar surface area (TPSA) is 26.3 Å². The van der Waals surface area contributed by atoms with Gasteiger partial charge in [0.25, 0.3) is 0 Å². The average molecular weight is 369 g/mol. The van der Waals surface area contributed by atoms with Crippen molar-refractivity contribution in [2.24, 2.45) is 0 Å². The average Bonchev–Trinajstić information content (AvgIpc) is 2.65. The van der Waals surface area contributed by atoms with E-state index < -0.39 is 0 Å². The van der Waals surface area contributed by atoms with Gasteiger partial charge in [0.05, 0.1) is 6.61 Å². The highest BCUT2D eigenvalue weighted by Gasteiger charge is 2.02. The van der Waals surface area contributed by atoms with Gasteiger partial charge in [-0.05, 0) is 12.8 Å². The first-order valence-corrected chi connectivity index (χ1v) is 12.0. The zero-order valence-electron chi connectivity index (χ0n) is 18.2. The molecule has 0 saturated carbocycles. The summed E-state index contributed by atoms with van der Waals surface area (Å²) < 4.78 is 5.30. The fraction of sp³-hybridized carbons (Fsp3) is 0.958. The van der Waals surface area contributed by atoms with Gasteiger partial charge in [-0.1, -0.05) is 123 Å². The van der Waals surface area contributed by atoms with E-state index in [1.54, 1.807) is 0 Å². The molecule has 0 aromatic rings. The Morgan fingerprint density at radius 1 is 0.500 bits per heavy atom. The first-order chi connectivity index (χ1) is 12.8. The Balaban J connectivity index is 3.11. The molecule has 156 valence electrons. The lowest BCUT2D eigenvalue weighted by Crippen LogP contribution is -2.05. The number of hydrogen-bond donors (Lipinski definition) is 0. The van der Waals surface area contributed by atoms with Crippen molar-refractivity contribution in [3.05, 3.63) is 0 Å². The fourth-order valence-corrected chi connectivity index (χ4v) is 3.43. The zero-order valence-corrected chi connectivity index (χ0v) is 18.2. The van der Waals surface area contributed by atoms with Crippen molar-refractivity contribution in [1.82, 2.24) is 0 Å². The van der Waals surface area contributed by atoms with Crippen LogP contribution in [0.3, 0.4) is 0 Å². The molecule has 0 aromatic heterocycles. The number of ether oxygens (including phenoxy) is 1. The van der Waals surface area contributed by atoms with Gasteiger partial charge < -0.3 is 4.74 Å². The van der Waals surface area contributed by atoms with Crippen molar-refractivity contribution in [3.8, 4) is 0 Å². The lowest BCUT2D eigenvalue weighted by molar-refractivity contribution is -0.143. The van der Waals surface area contributed by atoms with Gasteiger partial charge in [0, 0.05) is 6.42 Å². The van der Waals surface area contributed by atoms with Gasteiger partial charge in [0.15, 0.2) is 0 Å². The fourth-order valence-electron chi connectivity index (χ4n) is 3.43. The molecule has 0 heterocycles. The molecule has 0 aliphatic rings. The molecule has 0 fully saturated rings. The van der Waals surface area contributed by atoms with Crippen molar-refractivity contribution in [2.45, 2.75) is 142 Å². The number of esters is 1. The van der Waals surface area contributed by atoms with Gasteiger partial charge >= 0.3 is 5.97 Å². The van der Waals surface area contributed by atoms with Crippen LogP contribution in [0, 0.1) is 0 Å². The monoisotopic (exact) mass is 368 g/mol. The van der Waals surface area contributed by atoms with Crippen molar-refractivity contribution in [2.75, 3.05) is 6.61 Å². The third kappa shape index (κ3) is 21.5. The highest BCUT2D eigenvalue weighted by Crippen LogP contribution is 2.13. The summed E-state index contributed by atoms with van der Waals surface area (Å²) in [6, 6.07) is 0. The number of rotatable bonds is 21. The molecule has 0 aromatic carbocycles. The van der Waals surface area contributed by atoms with Crippen LogP contribution in [-0.4, -0.2) is 12.6 Å². The lowest BCUT2D eigenvalue weighted by Gasteiger charge is -2.05. The van der Waals surface area contributed by atoms with E-state index in [1.807, 2.05) is 0 Å². The van der Waals surface area contributed by atoms with Crippen LogP contribution in [-0.2, 0) is 9.53 Å². The van der Waals surface area contributed by atoms with Gasteiger partial charge in [-0.2, -0.15) is 0 Å². The molecule has 0 N–H and O–H groups in total.